The molecule has 1 N–H and O–H groups in total. The molecule has 142 valence electrons. The molecule has 7 nitrogen and oxygen atoms in total. The maximum Gasteiger partial charge on any atom is 0.340 e. The number of benzene rings is 2. The van der Waals surface area contributed by atoms with Crippen LogP contribution >= 0.6 is 0 Å². The number of methoxy groups -OCH3 is 1. The molecule has 1 fully saturated rings. The van der Waals surface area contributed by atoms with Gasteiger partial charge in [-0.15, -0.1) is 0 Å². The maximum atomic E-state index is 12.0. The normalized spacial score (nSPS) is 15.3. The Bertz CT molecular complexity index is 802. The van der Waals surface area contributed by atoms with Crippen LogP contribution in [0.3, 0.4) is 0 Å². The molecule has 1 saturated heterocycles. The second-order valence-electron chi connectivity index (χ2n) is 6.66. The van der Waals surface area contributed by atoms with Crippen molar-refractivity contribution >= 4 is 17.3 Å². The van der Waals surface area contributed by atoms with Crippen LogP contribution in [0.1, 0.15) is 28.8 Å². The molecule has 0 bridgehead atoms. The van der Waals surface area contributed by atoms with Crippen LogP contribution in [-0.2, 0) is 11.3 Å². The van der Waals surface area contributed by atoms with E-state index in [0.29, 0.717) is 5.69 Å². The lowest BCUT2D eigenvalue weighted by atomic mass is 10.0. The molecular formula is C20H23N3O4. The van der Waals surface area contributed by atoms with Gasteiger partial charge in [-0.05, 0) is 24.5 Å². The Kier molecular flexibility index (Phi) is 6.03. The van der Waals surface area contributed by atoms with E-state index < -0.39 is 10.9 Å². The number of ether oxygens (including phenoxy) is 1. The Labute approximate surface area is 158 Å². The first-order chi connectivity index (χ1) is 13.1. The van der Waals surface area contributed by atoms with Gasteiger partial charge in [0, 0.05) is 43.5 Å². The molecule has 1 aliphatic heterocycles. The number of esters is 1. The van der Waals surface area contributed by atoms with Crippen molar-refractivity contribution in [3.05, 3.63) is 69.8 Å². The van der Waals surface area contributed by atoms with Crippen LogP contribution < -0.4 is 5.32 Å². The molecule has 0 amide bonds. The van der Waals surface area contributed by atoms with Crippen LogP contribution in [-0.4, -0.2) is 42.0 Å². The number of hydrogen-bond donors (Lipinski definition) is 1. The van der Waals surface area contributed by atoms with Gasteiger partial charge in [0.2, 0.25) is 0 Å². The molecule has 0 atom stereocenters. The number of likely N-dealkylation sites (tertiary alicyclic amines) is 1. The van der Waals surface area contributed by atoms with Crippen LogP contribution in [0.15, 0.2) is 48.5 Å². The summed E-state index contributed by atoms with van der Waals surface area (Å²) in [5.41, 5.74) is 1.94. The van der Waals surface area contributed by atoms with Gasteiger partial charge in [0.25, 0.3) is 5.69 Å². The minimum absolute atomic E-state index is 0.126. The number of nitrogens with zero attached hydrogens (tertiary/aromatic N) is 2. The standard InChI is InChI=1S/C20H23N3O4/c1-27-20(24)18-13-17(23(25)26)7-8-19(18)21-16-9-11-22(12-10-16)14-15-5-3-2-4-6-15/h2-8,13,16,21H,9-12,14H2,1H3. The molecule has 2 aromatic carbocycles. The summed E-state index contributed by atoms with van der Waals surface area (Å²) >= 11 is 0. The molecule has 27 heavy (non-hydrogen) atoms. The number of nitro benzene ring substituents is 1. The highest BCUT2D eigenvalue weighted by atomic mass is 16.6. The van der Waals surface area contributed by atoms with Gasteiger partial charge in [0.1, 0.15) is 0 Å². The number of rotatable bonds is 6. The van der Waals surface area contributed by atoms with E-state index in [0.717, 1.165) is 32.5 Å². The zero-order chi connectivity index (χ0) is 19.2. The average Bonchev–Trinajstić information content (AvgIpc) is 2.70. The third-order valence-corrected chi connectivity index (χ3v) is 4.82. The topological polar surface area (TPSA) is 84.7 Å². The number of hydrogen-bond acceptors (Lipinski definition) is 6. The average molecular weight is 369 g/mol. The zero-order valence-electron chi connectivity index (χ0n) is 15.3. The smallest absolute Gasteiger partial charge is 0.340 e. The summed E-state index contributed by atoms with van der Waals surface area (Å²) in [5, 5.41) is 14.3. The van der Waals surface area contributed by atoms with Gasteiger partial charge in [-0.2, -0.15) is 0 Å². The predicted octanol–water partition coefficient (Wildman–Crippen LogP) is 3.46. The van der Waals surface area contributed by atoms with Crippen LogP contribution in [0, 0.1) is 10.1 Å². The lowest BCUT2D eigenvalue weighted by Gasteiger charge is -2.33. The summed E-state index contributed by atoms with van der Waals surface area (Å²) in [6.45, 7) is 2.83. The molecular weight excluding hydrogens is 346 g/mol. The lowest BCUT2D eigenvalue weighted by Crippen LogP contribution is -2.38. The van der Waals surface area contributed by atoms with Crippen molar-refractivity contribution in [3.63, 3.8) is 0 Å². The van der Waals surface area contributed by atoms with Gasteiger partial charge in [-0.25, -0.2) is 4.79 Å². The van der Waals surface area contributed by atoms with Crippen LogP contribution in [0.2, 0.25) is 0 Å². The zero-order valence-corrected chi connectivity index (χ0v) is 15.3. The van der Waals surface area contributed by atoms with E-state index in [-0.39, 0.29) is 17.3 Å². The number of non-ortho nitro benzene ring substituents is 1. The lowest BCUT2D eigenvalue weighted by molar-refractivity contribution is -0.384. The monoisotopic (exact) mass is 369 g/mol. The first kappa shape index (κ1) is 18.8. The highest BCUT2D eigenvalue weighted by Gasteiger charge is 2.23. The molecule has 0 radical (unpaired) electrons. The first-order valence-corrected chi connectivity index (χ1v) is 8.96. The second-order valence-corrected chi connectivity index (χ2v) is 6.66. The number of carbonyl (C=O) groups is 1. The van der Waals surface area contributed by atoms with Crippen molar-refractivity contribution in [2.75, 3.05) is 25.5 Å². The van der Waals surface area contributed by atoms with E-state index in [2.05, 4.69) is 22.3 Å². The van der Waals surface area contributed by atoms with Gasteiger partial charge < -0.3 is 10.1 Å². The van der Waals surface area contributed by atoms with Crippen molar-refractivity contribution in [2.45, 2.75) is 25.4 Å². The molecule has 1 aliphatic rings. The Morgan fingerprint density at radius 1 is 1.22 bits per heavy atom. The Morgan fingerprint density at radius 2 is 1.93 bits per heavy atom. The Hall–Kier alpha value is -2.93. The van der Waals surface area contributed by atoms with E-state index in [1.165, 1.54) is 24.8 Å². The van der Waals surface area contributed by atoms with Crippen molar-refractivity contribution in [3.8, 4) is 0 Å². The molecule has 1 heterocycles. The highest BCUT2D eigenvalue weighted by molar-refractivity contribution is 5.96. The Morgan fingerprint density at radius 3 is 2.56 bits per heavy atom. The minimum atomic E-state index is -0.581. The van der Waals surface area contributed by atoms with Gasteiger partial charge >= 0.3 is 5.97 Å². The van der Waals surface area contributed by atoms with Crippen LogP contribution in [0.25, 0.3) is 0 Å². The van der Waals surface area contributed by atoms with E-state index in [9.17, 15) is 14.9 Å². The second kappa shape index (κ2) is 8.64. The number of nitrogens with one attached hydrogen (secondary N) is 1. The van der Waals surface area contributed by atoms with E-state index in [1.54, 1.807) is 6.07 Å². The summed E-state index contributed by atoms with van der Waals surface area (Å²) in [6, 6.07) is 14.8. The van der Waals surface area contributed by atoms with Gasteiger partial charge in [0.05, 0.1) is 17.6 Å². The van der Waals surface area contributed by atoms with Gasteiger partial charge in [-0.1, -0.05) is 30.3 Å². The maximum absolute atomic E-state index is 12.0. The van der Waals surface area contributed by atoms with Gasteiger partial charge in [0.15, 0.2) is 0 Å². The summed E-state index contributed by atoms with van der Waals surface area (Å²) in [7, 11) is 1.27. The fourth-order valence-corrected chi connectivity index (χ4v) is 3.35. The van der Waals surface area contributed by atoms with E-state index >= 15 is 0 Å². The first-order valence-electron chi connectivity index (χ1n) is 8.96. The number of carbonyl (C=O) groups excluding carboxylic acids is 1. The molecule has 0 saturated carbocycles. The Balaban J connectivity index is 1.63. The summed E-state index contributed by atoms with van der Waals surface area (Å²) in [4.78, 5) is 24.9. The SMILES string of the molecule is COC(=O)c1cc([N+](=O)[O-])ccc1NC1CCN(Cc2ccccc2)CC1. The third-order valence-electron chi connectivity index (χ3n) is 4.82. The molecule has 0 spiro atoms. The minimum Gasteiger partial charge on any atom is -0.465 e. The molecule has 7 heteroatoms. The summed E-state index contributed by atoms with van der Waals surface area (Å²) in [5.74, 6) is -0.581. The fraction of sp³-hybridized carbons (Fsp3) is 0.350. The number of anilines is 1. The predicted molar refractivity (Wildman–Crippen MR) is 103 cm³/mol. The quantitative estimate of drug-likeness (QED) is 0.477. The van der Waals surface area contributed by atoms with Crippen molar-refractivity contribution in [1.29, 1.82) is 0 Å². The molecule has 2 aromatic rings. The largest absolute Gasteiger partial charge is 0.465 e. The van der Waals surface area contributed by atoms with Crippen LogP contribution in [0.4, 0.5) is 11.4 Å². The third kappa shape index (κ3) is 4.83. The van der Waals surface area contributed by atoms with Gasteiger partial charge in [-0.3, -0.25) is 15.0 Å². The van der Waals surface area contributed by atoms with E-state index in [4.69, 9.17) is 4.74 Å². The summed E-state index contributed by atoms with van der Waals surface area (Å²) in [6.07, 6.45) is 1.87. The fourth-order valence-electron chi connectivity index (χ4n) is 3.35. The molecule has 0 aromatic heterocycles. The van der Waals surface area contributed by atoms with Crippen molar-refractivity contribution in [1.82, 2.24) is 4.90 Å². The van der Waals surface area contributed by atoms with Crippen molar-refractivity contribution < 1.29 is 14.5 Å². The highest BCUT2D eigenvalue weighted by Crippen LogP contribution is 2.26. The number of piperidine rings is 1. The van der Waals surface area contributed by atoms with E-state index in [1.807, 2.05) is 18.2 Å². The molecule has 3 rings (SSSR count). The number of nitro groups is 1. The molecule has 0 unspecified atom stereocenters. The van der Waals surface area contributed by atoms with Crippen LogP contribution in [0.5, 0.6) is 0 Å². The van der Waals surface area contributed by atoms with Crippen molar-refractivity contribution in [2.24, 2.45) is 0 Å². The summed E-state index contributed by atoms with van der Waals surface area (Å²) < 4.78 is 4.77. The molecule has 0 aliphatic carbocycles.